The van der Waals surface area contributed by atoms with Crippen molar-refractivity contribution in [3.05, 3.63) is 16.1 Å². The number of amides is 1. The maximum atomic E-state index is 11.8. The first-order chi connectivity index (χ1) is 7.54. The largest absolute Gasteiger partial charge is 0.393 e. The minimum atomic E-state index is -0.398. The van der Waals surface area contributed by atoms with Gasteiger partial charge in [-0.1, -0.05) is 0 Å². The predicted octanol–water partition coefficient (Wildman–Crippen LogP) is 0.445. The molecule has 0 aromatic carbocycles. The van der Waals surface area contributed by atoms with Gasteiger partial charge in [0.2, 0.25) is 0 Å². The van der Waals surface area contributed by atoms with Gasteiger partial charge < -0.3 is 15.7 Å². The summed E-state index contributed by atoms with van der Waals surface area (Å²) in [5.74, 6) is -0.128. The Hall–Kier alpha value is -0.980. The van der Waals surface area contributed by atoms with Crippen molar-refractivity contribution < 1.29 is 9.90 Å². The van der Waals surface area contributed by atoms with Crippen molar-refractivity contribution in [1.82, 2.24) is 9.88 Å². The zero-order chi connectivity index (χ0) is 12.1. The van der Waals surface area contributed by atoms with Crippen LogP contribution >= 0.6 is 11.3 Å². The van der Waals surface area contributed by atoms with Gasteiger partial charge in [0.1, 0.15) is 10.7 Å². The van der Waals surface area contributed by atoms with Gasteiger partial charge in [-0.25, -0.2) is 4.98 Å². The molecule has 1 unspecified atom stereocenters. The summed E-state index contributed by atoms with van der Waals surface area (Å²) in [6.45, 7) is 2.58. The molecule has 0 saturated carbocycles. The number of hydrogen-bond donors (Lipinski definition) is 2. The summed E-state index contributed by atoms with van der Waals surface area (Å²) in [4.78, 5) is 17.5. The summed E-state index contributed by atoms with van der Waals surface area (Å²) < 4.78 is 0. The third-order valence-corrected chi connectivity index (χ3v) is 3.05. The minimum absolute atomic E-state index is 0.128. The smallest absolute Gasteiger partial charge is 0.273 e. The third kappa shape index (κ3) is 3.55. The SMILES string of the molecule is CC(O)CCN(C)C(=O)c1csc(CN)n1. The second kappa shape index (κ2) is 5.93. The lowest BCUT2D eigenvalue weighted by Crippen LogP contribution is -2.29. The predicted molar refractivity (Wildman–Crippen MR) is 63.3 cm³/mol. The number of aliphatic hydroxyl groups is 1. The van der Waals surface area contributed by atoms with Gasteiger partial charge in [0.15, 0.2) is 0 Å². The molecule has 3 N–H and O–H groups in total. The number of nitrogens with zero attached hydrogens (tertiary/aromatic N) is 2. The van der Waals surface area contributed by atoms with Crippen LogP contribution in [0.1, 0.15) is 28.8 Å². The fourth-order valence-corrected chi connectivity index (χ4v) is 1.83. The molecule has 1 atom stereocenters. The zero-order valence-corrected chi connectivity index (χ0v) is 10.3. The monoisotopic (exact) mass is 243 g/mol. The van der Waals surface area contributed by atoms with Crippen LogP contribution < -0.4 is 5.73 Å². The number of carbonyl (C=O) groups is 1. The summed E-state index contributed by atoms with van der Waals surface area (Å²) in [5, 5.41) is 11.6. The van der Waals surface area contributed by atoms with Gasteiger partial charge in [-0.2, -0.15) is 0 Å². The molecule has 0 fully saturated rings. The van der Waals surface area contributed by atoms with Crippen LogP contribution in [0.3, 0.4) is 0 Å². The number of aromatic nitrogens is 1. The molecule has 0 aliphatic carbocycles. The van der Waals surface area contributed by atoms with Gasteiger partial charge in [0.05, 0.1) is 6.10 Å². The fraction of sp³-hybridized carbons (Fsp3) is 0.600. The standard InChI is InChI=1S/C10H17N3O2S/c1-7(14)3-4-13(2)10(15)8-6-16-9(5-11)12-8/h6-7,14H,3-5,11H2,1-2H3. The molecule has 0 spiro atoms. The van der Waals surface area contributed by atoms with Gasteiger partial charge in [-0.05, 0) is 13.3 Å². The van der Waals surface area contributed by atoms with Gasteiger partial charge in [0, 0.05) is 25.5 Å². The van der Waals surface area contributed by atoms with Gasteiger partial charge >= 0.3 is 0 Å². The Bertz CT molecular complexity index is 352. The quantitative estimate of drug-likeness (QED) is 0.786. The van der Waals surface area contributed by atoms with E-state index in [0.717, 1.165) is 5.01 Å². The summed E-state index contributed by atoms with van der Waals surface area (Å²) in [7, 11) is 1.70. The summed E-state index contributed by atoms with van der Waals surface area (Å²) in [6, 6.07) is 0. The molecule has 0 bridgehead atoms. The first-order valence-electron chi connectivity index (χ1n) is 5.12. The van der Waals surface area contributed by atoms with Crippen LogP contribution in [-0.2, 0) is 6.54 Å². The number of hydrogen-bond acceptors (Lipinski definition) is 5. The average Bonchev–Trinajstić information content (AvgIpc) is 2.73. The number of aliphatic hydroxyl groups excluding tert-OH is 1. The first kappa shape index (κ1) is 13.1. The number of carbonyl (C=O) groups excluding carboxylic acids is 1. The van der Waals surface area contributed by atoms with E-state index in [-0.39, 0.29) is 5.91 Å². The van der Waals surface area contributed by atoms with Crippen molar-refractivity contribution in [2.24, 2.45) is 5.73 Å². The summed E-state index contributed by atoms with van der Waals surface area (Å²) >= 11 is 1.39. The van der Waals surface area contributed by atoms with E-state index >= 15 is 0 Å². The van der Waals surface area contributed by atoms with Crippen molar-refractivity contribution in [2.45, 2.75) is 26.0 Å². The molecule has 0 radical (unpaired) electrons. The molecule has 1 aromatic heterocycles. The van der Waals surface area contributed by atoms with Crippen LogP contribution in [-0.4, -0.2) is 40.6 Å². The Morgan fingerprint density at radius 3 is 2.94 bits per heavy atom. The molecule has 1 heterocycles. The van der Waals surface area contributed by atoms with E-state index in [0.29, 0.717) is 25.2 Å². The van der Waals surface area contributed by atoms with E-state index in [1.807, 2.05) is 0 Å². The van der Waals surface area contributed by atoms with Crippen molar-refractivity contribution in [1.29, 1.82) is 0 Å². The molecular weight excluding hydrogens is 226 g/mol. The molecule has 0 saturated heterocycles. The van der Waals surface area contributed by atoms with Crippen molar-refractivity contribution in [2.75, 3.05) is 13.6 Å². The Balaban J connectivity index is 2.56. The Morgan fingerprint density at radius 2 is 2.44 bits per heavy atom. The van der Waals surface area contributed by atoms with Gasteiger partial charge in [-0.15, -0.1) is 11.3 Å². The van der Waals surface area contributed by atoms with Crippen LogP contribution in [0.25, 0.3) is 0 Å². The lowest BCUT2D eigenvalue weighted by Gasteiger charge is -2.16. The zero-order valence-electron chi connectivity index (χ0n) is 9.51. The molecule has 6 heteroatoms. The molecule has 90 valence electrons. The van der Waals surface area contributed by atoms with Crippen molar-refractivity contribution in [3.63, 3.8) is 0 Å². The van der Waals surface area contributed by atoms with Crippen LogP contribution in [0.4, 0.5) is 0 Å². The topological polar surface area (TPSA) is 79.5 Å². The summed E-state index contributed by atoms with van der Waals surface area (Å²) in [5.41, 5.74) is 5.86. The highest BCUT2D eigenvalue weighted by Crippen LogP contribution is 2.11. The van der Waals surface area contributed by atoms with E-state index in [2.05, 4.69) is 4.98 Å². The van der Waals surface area contributed by atoms with E-state index in [9.17, 15) is 4.79 Å². The first-order valence-corrected chi connectivity index (χ1v) is 6.00. The number of thiazole rings is 1. The van der Waals surface area contributed by atoms with E-state index in [4.69, 9.17) is 10.8 Å². The highest BCUT2D eigenvalue weighted by atomic mass is 32.1. The molecule has 0 aliphatic heterocycles. The van der Waals surface area contributed by atoms with Crippen LogP contribution in [0, 0.1) is 0 Å². The molecular formula is C10H17N3O2S. The highest BCUT2D eigenvalue weighted by Gasteiger charge is 2.15. The summed E-state index contributed by atoms with van der Waals surface area (Å²) in [6.07, 6.45) is 0.168. The molecule has 1 amide bonds. The van der Waals surface area contributed by atoms with E-state index in [1.165, 1.54) is 11.3 Å². The molecule has 5 nitrogen and oxygen atoms in total. The normalized spacial score (nSPS) is 12.5. The maximum absolute atomic E-state index is 11.8. The minimum Gasteiger partial charge on any atom is -0.393 e. The second-order valence-electron chi connectivity index (χ2n) is 3.70. The van der Waals surface area contributed by atoms with Crippen molar-refractivity contribution in [3.8, 4) is 0 Å². The lowest BCUT2D eigenvalue weighted by atomic mass is 10.2. The van der Waals surface area contributed by atoms with E-state index < -0.39 is 6.10 Å². The van der Waals surface area contributed by atoms with Gasteiger partial charge in [-0.3, -0.25) is 4.79 Å². The maximum Gasteiger partial charge on any atom is 0.273 e. The van der Waals surface area contributed by atoms with Gasteiger partial charge in [0.25, 0.3) is 5.91 Å². The Kier molecular flexibility index (Phi) is 4.85. The van der Waals surface area contributed by atoms with Crippen LogP contribution in [0.2, 0.25) is 0 Å². The van der Waals surface area contributed by atoms with Crippen LogP contribution in [0.15, 0.2) is 5.38 Å². The molecule has 0 aliphatic rings. The molecule has 16 heavy (non-hydrogen) atoms. The fourth-order valence-electron chi connectivity index (χ4n) is 1.18. The lowest BCUT2D eigenvalue weighted by molar-refractivity contribution is 0.0764. The van der Waals surface area contributed by atoms with Crippen LogP contribution in [0.5, 0.6) is 0 Å². The van der Waals surface area contributed by atoms with E-state index in [1.54, 1.807) is 24.3 Å². The third-order valence-electron chi connectivity index (χ3n) is 2.17. The molecule has 1 rings (SSSR count). The number of nitrogens with two attached hydrogens (primary N) is 1. The highest BCUT2D eigenvalue weighted by molar-refractivity contribution is 7.09. The Labute approximate surface area is 98.9 Å². The number of rotatable bonds is 5. The average molecular weight is 243 g/mol. The second-order valence-corrected chi connectivity index (χ2v) is 4.64. The molecule has 1 aromatic rings. The van der Waals surface area contributed by atoms with Crippen molar-refractivity contribution >= 4 is 17.2 Å². The Morgan fingerprint density at radius 1 is 1.75 bits per heavy atom.